The van der Waals surface area contributed by atoms with Crippen LogP contribution < -0.4 is 19.5 Å². The summed E-state index contributed by atoms with van der Waals surface area (Å²) in [4.78, 5) is 0. The second-order valence-corrected chi connectivity index (χ2v) is 5.04. The van der Waals surface area contributed by atoms with Gasteiger partial charge in [-0.25, -0.2) is 4.39 Å². The van der Waals surface area contributed by atoms with E-state index in [4.69, 9.17) is 29.3 Å². The summed E-state index contributed by atoms with van der Waals surface area (Å²) in [6, 6.07) is -0.160. The molecule has 2 aromatic rings. The summed E-state index contributed by atoms with van der Waals surface area (Å²) < 4.78 is 120. The average Bonchev–Trinajstić information content (AvgIpc) is 3.07. The van der Waals surface area contributed by atoms with Crippen LogP contribution in [0.2, 0.25) is 0 Å². The minimum atomic E-state index is -2.73. The zero-order valence-electron chi connectivity index (χ0n) is 23.3. The van der Waals surface area contributed by atoms with E-state index in [-0.39, 0.29) is 17.2 Å². The van der Waals surface area contributed by atoms with Crippen molar-refractivity contribution in [1.29, 1.82) is 0 Å². The van der Waals surface area contributed by atoms with Gasteiger partial charge < -0.3 is 19.5 Å². The molecule has 0 radical (unpaired) electrons. The molecule has 0 aliphatic carbocycles. The highest BCUT2D eigenvalue weighted by molar-refractivity contribution is 5.46. The molecule has 4 nitrogen and oxygen atoms in total. The zero-order chi connectivity index (χ0) is 26.1. The quantitative estimate of drug-likeness (QED) is 0.927. The van der Waals surface area contributed by atoms with Gasteiger partial charge in [-0.2, -0.15) is 0 Å². The third-order valence-electron chi connectivity index (χ3n) is 3.49. The van der Waals surface area contributed by atoms with Gasteiger partial charge in [0.1, 0.15) is 14.3 Å². The van der Waals surface area contributed by atoms with Crippen molar-refractivity contribution in [2.24, 2.45) is 5.92 Å². The first-order valence-corrected chi connectivity index (χ1v) is 7.18. The lowest BCUT2D eigenvalue weighted by molar-refractivity contribution is 0.173. The number of fused-ring (bicyclic) bond motifs is 1. The average molecular weight is 340 g/mol. The lowest BCUT2D eigenvalue weighted by Gasteiger charge is -2.32. The normalized spacial score (nSPS) is 38.4. The lowest BCUT2D eigenvalue weighted by atomic mass is 9.81. The molecule has 1 fully saturated rings. The van der Waals surface area contributed by atoms with E-state index in [1.54, 1.807) is 0 Å². The van der Waals surface area contributed by atoms with E-state index >= 15 is 0 Å². The maximum absolute atomic E-state index is 14.2. The standard InChI is InChI=1S/C19H20FNO3/c20-15-3-1-13(2-4-15)17-7-8-21-10-14(17)11-22-16-5-6-18-19(9-16)24-12-23-18/h1-6,9,14,17,21H,7-8,10-12H2/t14-,17?/m0/s1/i1D,2D,3D,4D,7D2,10D2,12D2,17D. The first-order valence-electron chi connectivity index (χ1n) is 12.7. The van der Waals surface area contributed by atoms with E-state index in [1.807, 2.05) is 0 Å². The van der Waals surface area contributed by atoms with Gasteiger partial charge in [-0.3, -0.25) is 0 Å². The van der Waals surface area contributed by atoms with E-state index in [9.17, 15) is 4.39 Å². The molecule has 4 rings (SSSR count). The largest absolute Gasteiger partial charge is 0.493 e. The molecule has 1 saturated heterocycles. The van der Waals surface area contributed by atoms with E-state index in [2.05, 4.69) is 5.32 Å². The summed E-state index contributed by atoms with van der Waals surface area (Å²) >= 11 is 0. The third-order valence-corrected chi connectivity index (χ3v) is 3.49. The molecule has 2 aliphatic heterocycles. The first-order chi connectivity index (χ1) is 16.0. The molecule has 0 spiro atoms. The van der Waals surface area contributed by atoms with Gasteiger partial charge in [0.05, 0.1) is 12.1 Å². The van der Waals surface area contributed by atoms with Crippen LogP contribution in [0.25, 0.3) is 0 Å². The molecule has 2 heterocycles. The second-order valence-electron chi connectivity index (χ2n) is 5.04. The van der Waals surface area contributed by atoms with Crippen LogP contribution in [0.4, 0.5) is 4.39 Å². The molecule has 24 heavy (non-hydrogen) atoms. The molecule has 0 bridgehead atoms. The Hall–Kier alpha value is -2.27. The van der Waals surface area contributed by atoms with Gasteiger partial charge in [0.2, 0.25) is 6.75 Å². The fourth-order valence-corrected chi connectivity index (χ4v) is 2.36. The van der Waals surface area contributed by atoms with Gasteiger partial charge in [-0.1, -0.05) is 12.1 Å². The number of hydrogen-bond acceptors (Lipinski definition) is 4. The number of hydrogen-bond donors (Lipinski definition) is 1. The highest BCUT2D eigenvalue weighted by atomic mass is 19.1. The van der Waals surface area contributed by atoms with Crippen LogP contribution in [-0.2, 0) is 0 Å². The fraction of sp³-hybridized carbons (Fsp3) is 0.368. The van der Waals surface area contributed by atoms with Crippen molar-refractivity contribution in [1.82, 2.24) is 5.32 Å². The molecule has 1 N–H and O–H groups in total. The summed E-state index contributed by atoms with van der Waals surface area (Å²) in [7, 11) is 0. The Morgan fingerprint density at radius 1 is 1.29 bits per heavy atom. The number of rotatable bonds is 4. The van der Waals surface area contributed by atoms with E-state index in [1.165, 1.54) is 18.2 Å². The van der Waals surface area contributed by atoms with Gasteiger partial charge in [-0.15, -0.1) is 0 Å². The maximum Gasteiger partial charge on any atom is 0.231 e. The molecule has 126 valence electrons. The predicted octanol–water partition coefficient (Wildman–Crippen LogP) is 3.33. The summed E-state index contributed by atoms with van der Waals surface area (Å²) in [6.45, 7) is -6.24. The molecular formula is C19H20FNO3. The number of piperidine rings is 1. The van der Waals surface area contributed by atoms with Gasteiger partial charge in [0.25, 0.3) is 0 Å². The summed E-state index contributed by atoms with van der Waals surface area (Å²) in [5.74, 6) is -5.79. The Labute approximate surface area is 156 Å². The van der Waals surface area contributed by atoms with Crippen LogP contribution >= 0.6 is 0 Å². The van der Waals surface area contributed by atoms with Crippen molar-refractivity contribution in [3.05, 3.63) is 53.7 Å². The summed E-state index contributed by atoms with van der Waals surface area (Å²) in [6.07, 6.45) is -2.63. The smallest absolute Gasteiger partial charge is 0.231 e. The minimum Gasteiger partial charge on any atom is -0.493 e. The van der Waals surface area contributed by atoms with Crippen molar-refractivity contribution in [2.45, 2.75) is 12.3 Å². The molecular weight excluding hydrogens is 309 g/mol. The van der Waals surface area contributed by atoms with Crippen LogP contribution in [0, 0.1) is 11.7 Å². The molecule has 0 aromatic heterocycles. The van der Waals surface area contributed by atoms with Gasteiger partial charge >= 0.3 is 0 Å². The van der Waals surface area contributed by atoms with Gasteiger partial charge in [0, 0.05) is 25.3 Å². The monoisotopic (exact) mass is 340 g/mol. The third kappa shape index (κ3) is 3.17. The Kier molecular flexibility index (Phi) is 2.04. The van der Waals surface area contributed by atoms with Crippen LogP contribution in [0.3, 0.4) is 0 Å². The molecule has 0 saturated carbocycles. The van der Waals surface area contributed by atoms with Crippen LogP contribution in [0.1, 0.15) is 32.9 Å². The Morgan fingerprint density at radius 3 is 3.00 bits per heavy atom. The number of nitrogens with one attached hydrogen (secondary N) is 1. The van der Waals surface area contributed by atoms with Crippen molar-refractivity contribution < 1.29 is 33.7 Å². The zero-order valence-corrected chi connectivity index (χ0v) is 12.3. The van der Waals surface area contributed by atoms with Crippen LogP contribution in [0.15, 0.2) is 42.4 Å². The SMILES string of the molecule is [2H]c1c([2H])c(C2([2H])[C@H](COc3ccc4c(c3)OC([2H])([2H])O4)C([2H])([2H])NCC2([2H])[2H])c([2H])c([2H])c1F. The molecule has 5 heteroatoms. The van der Waals surface area contributed by atoms with Crippen LogP contribution in [-0.4, -0.2) is 26.4 Å². The Morgan fingerprint density at radius 2 is 2.12 bits per heavy atom. The van der Waals surface area contributed by atoms with Crippen molar-refractivity contribution >= 4 is 0 Å². The van der Waals surface area contributed by atoms with Crippen molar-refractivity contribution in [2.75, 3.05) is 26.4 Å². The predicted molar refractivity (Wildman–Crippen MR) is 88.2 cm³/mol. The van der Waals surface area contributed by atoms with Crippen LogP contribution in [0.5, 0.6) is 17.2 Å². The Bertz CT molecular complexity index is 1170. The fourth-order valence-electron chi connectivity index (χ4n) is 2.36. The summed E-state index contributed by atoms with van der Waals surface area (Å²) in [5, 5.41) is 2.37. The highest BCUT2D eigenvalue weighted by Crippen LogP contribution is 2.36. The van der Waals surface area contributed by atoms with Crippen molar-refractivity contribution in [3.63, 3.8) is 0 Å². The Balaban J connectivity index is 1.78. The van der Waals surface area contributed by atoms with Crippen molar-refractivity contribution in [3.8, 4) is 17.2 Å². The highest BCUT2D eigenvalue weighted by Gasteiger charge is 2.27. The number of benzene rings is 2. The van der Waals surface area contributed by atoms with E-state index in [0.29, 0.717) is 0 Å². The molecule has 1 unspecified atom stereocenters. The molecule has 2 atom stereocenters. The topological polar surface area (TPSA) is 39.7 Å². The molecule has 0 amide bonds. The first kappa shape index (κ1) is 7.31. The second kappa shape index (κ2) is 6.69. The minimum absolute atomic E-state index is 0.00265. The molecule has 2 aliphatic rings. The van der Waals surface area contributed by atoms with E-state index < -0.39 is 80.1 Å². The summed E-state index contributed by atoms with van der Waals surface area (Å²) in [5.41, 5.74) is -0.781. The number of ether oxygens (including phenoxy) is 3. The molecule has 2 aromatic carbocycles. The van der Waals surface area contributed by atoms with Gasteiger partial charge in [0.15, 0.2) is 11.5 Å². The lowest BCUT2D eigenvalue weighted by Crippen LogP contribution is -2.38. The number of halogens is 1. The van der Waals surface area contributed by atoms with E-state index in [0.717, 1.165) is 0 Å². The van der Waals surface area contributed by atoms with Gasteiger partial charge in [-0.05, 0) is 48.6 Å². The maximum atomic E-state index is 14.2.